The summed E-state index contributed by atoms with van der Waals surface area (Å²) in [6.45, 7) is 1.19. The first-order chi connectivity index (χ1) is 9.22. The van der Waals surface area contributed by atoms with Gasteiger partial charge in [0.25, 0.3) is 0 Å². The zero-order valence-corrected chi connectivity index (χ0v) is 12.1. The van der Waals surface area contributed by atoms with Crippen molar-refractivity contribution in [1.29, 1.82) is 0 Å². The standard InChI is InChI=1S/C17H26N2/c1-19(12-13-5-8-16(18)9-6-13)17-10-7-14-3-2-4-15(14)11-17/h7,10-11,13,16H,2-6,8-9,12,18H2,1H3. The topological polar surface area (TPSA) is 29.3 Å². The first-order valence-corrected chi connectivity index (χ1v) is 7.81. The van der Waals surface area contributed by atoms with Crippen molar-refractivity contribution >= 4 is 5.69 Å². The molecule has 0 amide bonds. The third kappa shape index (κ3) is 2.94. The molecule has 2 heteroatoms. The van der Waals surface area contributed by atoms with Gasteiger partial charge in [-0.1, -0.05) is 6.07 Å². The molecule has 0 bridgehead atoms. The van der Waals surface area contributed by atoms with Gasteiger partial charge in [-0.3, -0.25) is 0 Å². The summed E-state index contributed by atoms with van der Waals surface area (Å²) >= 11 is 0. The molecule has 3 rings (SSSR count). The Morgan fingerprint density at radius 3 is 2.63 bits per heavy atom. The summed E-state index contributed by atoms with van der Waals surface area (Å²) in [5, 5.41) is 0. The lowest BCUT2D eigenvalue weighted by Gasteiger charge is -2.31. The fourth-order valence-electron chi connectivity index (χ4n) is 3.66. The van der Waals surface area contributed by atoms with Gasteiger partial charge in [-0.05, 0) is 74.1 Å². The van der Waals surface area contributed by atoms with Gasteiger partial charge in [0.15, 0.2) is 0 Å². The fraction of sp³-hybridized carbons (Fsp3) is 0.647. The summed E-state index contributed by atoms with van der Waals surface area (Å²) in [6, 6.07) is 7.52. The Hall–Kier alpha value is -1.02. The van der Waals surface area contributed by atoms with Crippen LogP contribution in [-0.2, 0) is 12.8 Å². The van der Waals surface area contributed by atoms with Crippen molar-refractivity contribution in [2.24, 2.45) is 11.7 Å². The number of anilines is 1. The Bertz CT molecular complexity index is 433. The minimum Gasteiger partial charge on any atom is -0.374 e. The van der Waals surface area contributed by atoms with Gasteiger partial charge in [0, 0.05) is 25.3 Å². The van der Waals surface area contributed by atoms with Gasteiger partial charge in [-0.25, -0.2) is 0 Å². The monoisotopic (exact) mass is 258 g/mol. The number of rotatable bonds is 3. The lowest BCUT2D eigenvalue weighted by atomic mass is 9.86. The molecule has 1 fully saturated rings. The van der Waals surface area contributed by atoms with E-state index in [1.165, 1.54) is 57.2 Å². The van der Waals surface area contributed by atoms with Gasteiger partial charge in [0.1, 0.15) is 0 Å². The molecule has 0 atom stereocenters. The van der Waals surface area contributed by atoms with E-state index in [2.05, 4.69) is 30.1 Å². The van der Waals surface area contributed by atoms with E-state index in [0.29, 0.717) is 6.04 Å². The maximum Gasteiger partial charge on any atom is 0.0366 e. The lowest BCUT2D eigenvalue weighted by Crippen LogP contribution is -2.32. The summed E-state index contributed by atoms with van der Waals surface area (Å²) in [5.41, 5.74) is 10.5. The molecule has 1 aromatic carbocycles. The Kier molecular flexibility index (Phi) is 3.79. The van der Waals surface area contributed by atoms with Crippen LogP contribution in [0.1, 0.15) is 43.2 Å². The van der Waals surface area contributed by atoms with Crippen molar-refractivity contribution in [3.05, 3.63) is 29.3 Å². The second-order valence-electron chi connectivity index (χ2n) is 6.47. The van der Waals surface area contributed by atoms with E-state index in [1.807, 2.05) is 0 Å². The van der Waals surface area contributed by atoms with Crippen LogP contribution in [0.2, 0.25) is 0 Å². The molecule has 2 nitrogen and oxygen atoms in total. The van der Waals surface area contributed by atoms with Gasteiger partial charge >= 0.3 is 0 Å². The highest BCUT2D eigenvalue weighted by Gasteiger charge is 2.20. The molecule has 0 saturated heterocycles. The van der Waals surface area contributed by atoms with E-state index in [0.717, 1.165) is 5.92 Å². The predicted octanol–water partition coefficient (Wildman–Crippen LogP) is 3.13. The molecule has 0 aliphatic heterocycles. The quantitative estimate of drug-likeness (QED) is 0.902. The minimum absolute atomic E-state index is 0.460. The van der Waals surface area contributed by atoms with Crippen LogP contribution in [0.25, 0.3) is 0 Å². The Balaban J connectivity index is 1.62. The average molecular weight is 258 g/mol. The Labute approximate surface area is 117 Å². The largest absolute Gasteiger partial charge is 0.374 e. The second kappa shape index (κ2) is 5.54. The van der Waals surface area contributed by atoms with Crippen LogP contribution in [0.15, 0.2) is 18.2 Å². The molecule has 0 radical (unpaired) electrons. The molecule has 2 aliphatic carbocycles. The third-order valence-corrected chi connectivity index (χ3v) is 4.95. The van der Waals surface area contributed by atoms with Crippen LogP contribution in [0.4, 0.5) is 5.69 Å². The number of hydrogen-bond acceptors (Lipinski definition) is 2. The average Bonchev–Trinajstić information content (AvgIpc) is 2.88. The number of fused-ring (bicyclic) bond motifs is 1. The summed E-state index contributed by atoms with van der Waals surface area (Å²) in [4.78, 5) is 2.44. The van der Waals surface area contributed by atoms with Gasteiger partial charge in [-0.15, -0.1) is 0 Å². The molecule has 19 heavy (non-hydrogen) atoms. The number of aryl methyl sites for hydroxylation is 2. The van der Waals surface area contributed by atoms with Crippen molar-refractivity contribution < 1.29 is 0 Å². The minimum atomic E-state index is 0.460. The van der Waals surface area contributed by atoms with Gasteiger partial charge in [0.2, 0.25) is 0 Å². The first kappa shape index (κ1) is 13.0. The second-order valence-corrected chi connectivity index (χ2v) is 6.47. The van der Waals surface area contributed by atoms with E-state index in [1.54, 1.807) is 11.1 Å². The molecule has 1 saturated carbocycles. The summed E-state index contributed by atoms with van der Waals surface area (Å²) in [5.74, 6) is 0.832. The van der Waals surface area contributed by atoms with Crippen LogP contribution in [-0.4, -0.2) is 19.6 Å². The molecule has 0 unspecified atom stereocenters. The molecule has 2 aliphatic rings. The number of benzene rings is 1. The third-order valence-electron chi connectivity index (χ3n) is 4.95. The van der Waals surface area contributed by atoms with Crippen LogP contribution >= 0.6 is 0 Å². The van der Waals surface area contributed by atoms with Gasteiger partial charge in [-0.2, -0.15) is 0 Å². The number of hydrogen-bond donors (Lipinski definition) is 1. The van der Waals surface area contributed by atoms with Gasteiger partial charge < -0.3 is 10.6 Å². The van der Waals surface area contributed by atoms with E-state index in [4.69, 9.17) is 5.73 Å². The van der Waals surface area contributed by atoms with Crippen LogP contribution in [0.5, 0.6) is 0 Å². The van der Waals surface area contributed by atoms with Crippen LogP contribution < -0.4 is 10.6 Å². The first-order valence-electron chi connectivity index (χ1n) is 7.81. The van der Waals surface area contributed by atoms with E-state index < -0.39 is 0 Å². The van der Waals surface area contributed by atoms with Crippen molar-refractivity contribution in [3.8, 4) is 0 Å². The highest BCUT2D eigenvalue weighted by Crippen LogP contribution is 2.29. The van der Waals surface area contributed by atoms with Crippen LogP contribution in [0, 0.1) is 5.92 Å². The summed E-state index contributed by atoms with van der Waals surface area (Å²) in [6.07, 6.45) is 8.91. The molecule has 0 spiro atoms. The zero-order chi connectivity index (χ0) is 13.2. The van der Waals surface area contributed by atoms with Crippen LogP contribution in [0.3, 0.4) is 0 Å². The lowest BCUT2D eigenvalue weighted by molar-refractivity contribution is 0.330. The Morgan fingerprint density at radius 2 is 1.84 bits per heavy atom. The number of nitrogens with two attached hydrogens (primary N) is 1. The highest BCUT2D eigenvalue weighted by atomic mass is 15.1. The summed E-state index contributed by atoms with van der Waals surface area (Å²) < 4.78 is 0. The van der Waals surface area contributed by atoms with Crippen molar-refractivity contribution in [2.75, 3.05) is 18.5 Å². The molecular formula is C17H26N2. The molecule has 1 aromatic rings. The predicted molar refractivity (Wildman–Crippen MR) is 81.7 cm³/mol. The van der Waals surface area contributed by atoms with Gasteiger partial charge in [0.05, 0.1) is 0 Å². The van der Waals surface area contributed by atoms with Crippen molar-refractivity contribution in [2.45, 2.75) is 51.0 Å². The van der Waals surface area contributed by atoms with E-state index in [9.17, 15) is 0 Å². The maximum atomic E-state index is 5.99. The zero-order valence-electron chi connectivity index (χ0n) is 12.1. The van der Waals surface area contributed by atoms with E-state index >= 15 is 0 Å². The molecule has 2 N–H and O–H groups in total. The fourth-order valence-corrected chi connectivity index (χ4v) is 3.66. The Morgan fingerprint density at radius 1 is 1.11 bits per heavy atom. The highest BCUT2D eigenvalue weighted by molar-refractivity contribution is 5.51. The maximum absolute atomic E-state index is 5.99. The summed E-state index contributed by atoms with van der Waals surface area (Å²) in [7, 11) is 2.24. The van der Waals surface area contributed by atoms with E-state index in [-0.39, 0.29) is 0 Å². The number of nitrogens with zero attached hydrogens (tertiary/aromatic N) is 1. The van der Waals surface area contributed by atoms with Crippen molar-refractivity contribution in [3.63, 3.8) is 0 Å². The normalized spacial score (nSPS) is 26.2. The molecule has 0 aromatic heterocycles. The smallest absolute Gasteiger partial charge is 0.0366 e. The SMILES string of the molecule is CN(CC1CCC(N)CC1)c1ccc2c(c1)CCC2. The molecular weight excluding hydrogens is 232 g/mol. The molecule has 0 heterocycles. The molecule has 104 valence electrons. The van der Waals surface area contributed by atoms with Crippen molar-refractivity contribution in [1.82, 2.24) is 0 Å².